The normalized spacial score (nSPS) is 10.0. The molecule has 0 aliphatic heterocycles. The zero-order chi connectivity index (χ0) is 16.8. The van der Waals surface area contributed by atoms with E-state index in [0.29, 0.717) is 16.6 Å². The van der Waals surface area contributed by atoms with E-state index in [4.69, 9.17) is 15.2 Å². The van der Waals surface area contributed by atoms with Crippen LogP contribution in [0.1, 0.15) is 10.5 Å². The Morgan fingerprint density at radius 2 is 2.00 bits per heavy atom. The molecule has 23 heavy (non-hydrogen) atoms. The van der Waals surface area contributed by atoms with Gasteiger partial charge in [-0.25, -0.2) is 4.98 Å². The van der Waals surface area contributed by atoms with Crippen LogP contribution in [0.3, 0.4) is 0 Å². The van der Waals surface area contributed by atoms with Crippen LogP contribution >= 0.6 is 11.3 Å². The second-order valence-corrected chi connectivity index (χ2v) is 5.30. The Morgan fingerprint density at radius 1 is 1.30 bits per heavy atom. The average molecular weight is 336 g/mol. The Balaban J connectivity index is 2.02. The first-order valence-corrected chi connectivity index (χ1v) is 7.40. The SMILES string of the molecule is CNc1nc(C(N)=O)c(NC(=O)COc2ccccc2OC)s1. The second kappa shape index (κ2) is 7.45. The molecule has 2 amide bonds. The van der Waals surface area contributed by atoms with Crippen molar-refractivity contribution in [2.45, 2.75) is 0 Å². The number of nitrogens with two attached hydrogens (primary N) is 1. The van der Waals surface area contributed by atoms with Gasteiger partial charge in [-0.05, 0) is 12.1 Å². The number of anilines is 2. The van der Waals surface area contributed by atoms with Gasteiger partial charge in [-0.2, -0.15) is 0 Å². The number of para-hydroxylation sites is 2. The molecule has 0 bridgehead atoms. The Bertz CT molecular complexity index is 717. The maximum atomic E-state index is 12.0. The van der Waals surface area contributed by atoms with Gasteiger partial charge in [-0.3, -0.25) is 9.59 Å². The van der Waals surface area contributed by atoms with Gasteiger partial charge in [-0.15, -0.1) is 0 Å². The van der Waals surface area contributed by atoms with Crippen molar-refractivity contribution in [2.24, 2.45) is 5.73 Å². The summed E-state index contributed by atoms with van der Waals surface area (Å²) in [6.07, 6.45) is 0. The van der Waals surface area contributed by atoms with Crippen LogP contribution in [-0.4, -0.2) is 37.6 Å². The molecule has 1 aromatic heterocycles. The highest BCUT2D eigenvalue weighted by molar-refractivity contribution is 7.20. The van der Waals surface area contributed by atoms with Crippen LogP contribution in [0.2, 0.25) is 0 Å². The monoisotopic (exact) mass is 336 g/mol. The summed E-state index contributed by atoms with van der Waals surface area (Å²) in [6, 6.07) is 6.97. The standard InChI is InChI=1S/C14H16N4O4S/c1-16-14-18-11(12(15)20)13(23-14)17-10(19)7-22-9-6-4-3-5-8(9)21-2/h3-6H,7H2,1-2H3,(H2,15,20)(H,16,18)(H,17,19). The molecule has 4 N–H and O–H groups in total. The Labute approximate surface area is 136 Å². The molecule has 1 heterocycles. The summed E-state index contributed by atoms with van der Waals surface area (Å²) in [5.41, 5.74) is 5.24. The highest BCUT2D eigenvalue weighted by Gasteiger charge is 2.18. The van der Waals surface area contributed by atoms with Gasteiger partial charge in [0.2, 0.25) is 0 Å². The molecule has 9 heteroatoms. The minimum atomic E-state index is -0.719. The number of nitrogens with zero attached hydrogens (tertiary/aromatic N) is 1. The van der Waals surface area contributed by atoms with Crippen molar-refractivity contribution in [1.29, 1.82) is 0 Å². The van der Waals surface area contributed by atoms with Gasteiger partial charge in [0.25, 0.3) is 11.8 Å². The number of carbonyl (C=O) groups is 2. The predicted octanol–water partition coefficient (Wildman–Crippen LogP) is 1.31. The lowest BCUT2D eigenvalue weighted by atomic mass is 10.3. The number of methoxy groups -OCH3 is 1. The van der Waals surface area contributed by atoms with E-state index in [2.05, 4.69) is 15.6 Å². The fraction of sp³-hybridized carbons (Fsp3) is 0.214. The zero-order valence-corrected chi connectivity index (χ0v) is 13.4. The smallest absolute Gasteiger partial charge is 0.270 e. The molecule has 2 rings (SSSR count). The quantitative estimate of drug-likeness (QED) is 0.702. The summed E-state index contributed by atoms with van der Waals surface area (Å²) in [6.45, 7) is -0.245. The lowest BCUT2D eigenvalue weighted by molar-refractivity contribution is -0.118. The summed E-state index contributed by atoms with van der Waals surface area (Å²) in [4.78, 5) is 27.3. The molecular formula is C14H16N4O4S. The molecule has 0 saturated carbocycles. The van der Waals surface area contributed by atoms with Crippen LogP contribution in [0.15, 0.2) is 24.3 Å². The van der Waals surface area contributed by atoms with E-state index in [9.17, 15) is 9.59 Å². The van der Waals surface area contributed by atoms with Gasteiger partial charge in [0.05, 0.1) is 7.11 Å². The summed E-state index contributed by atoms with van der Waals surface area (Å²) in [5, 5.41) is 6.10. The average Bonchev–Trinajstić information content (AvgIpc) is 2.96. The zero-order valence-electron chi connectivity index (χ0n) is 12.6. The Kier molecular flexibility index (Phi) is 5.36. The predicted molar refractivity (Wildman–Crippen MR) is 87.3 cm³/mol. The summed E-state index contributed by atoms with van der Waals surface area (Å²) < 4.78 is 10.5. The number of nitrogens with one attached hydrogen (secondary N) is 2. The van der Waals surface area contributed by atoms with Crippen molar-refractivity contribution in [3.8, 4) is 11.5 Å². The van der Waals surface area contributed by atoms with Crippen LogP contribution in [0, 0.1) is 0 Å². The number of aromatic nitrogens is 1. The van der Waals surface area contributed by atoms with E-state index in [1.807, 2.05) is 0 Å². The number of amides is 2. The third-order valence-corrected chi connectivity index (χ3v) is 3.74. The first-order valence-electron chi connectivity index (χ1n) is 6.59. The Hall–Kier alpha value is -2.81. The highest BCUT2D eigenvalue weighted by atomic mass is 32.1. The number of hydrogen-bond donors (Lipinski definition) is 3. The molecule has 0 radical (unpaired) electrons. The number of ether oxygens (including phenoxy) is 2. The first kappa shape index (κ1) is 16.6. The molecular weight excluding hydrogens is 320 g/mol. The molecule has 122 valence electrons. The number of rotatable bonds is 7. The van der Waals surface area contributed by atoms with E-state index >= 15 is 0 Å². The molecule has 1 aromatic carbocycles. The summed E-state index contributed by atoms with van der Waals surface area (Å²) in [7, 11) is 3.16. The second-order valence-electron chi connectivity index (χ2n) is 4.30. The molecule has 0 atom stereocenters. The molecule has 0 aliphatic rings. The summed E-state index contributed by atoms with van der Waals surface area (Å²) in [5.74, 6) is -0.192. The molecule has 0 unspecified atom stereocenters. The number of benzene rings is 1. The molecule has 0 aliphatic carbocycles. The molecule has 8 nitrogen and oxygen atoms in total. The van der Waals surface area contributed by atoms with E-state index in [1.165, 1.54) is 7.11 Å². The van der Waals surface area contributed by atoms with Crippen LogP contribution in [-0.2, 0) is 4.79 Å². The number of primary amides is 1. The lowest BCUT2D eigenvalue weighted by Crippen LogP contribution is -2.22. The first-order chi connectivity index (χ1) is 11.0. The van der Waals surface area contributed by atoms with Gasteiger partial charge in [0.1, 0.15) is 5.00 Å². The number of hydrogen-bond acceptors (Lipinski definition) is 7. The van der Waals surface area contributed by atoms with Crippen molar-refractivity contribution < 1.29 is 19.1 Å². The van der Waals surface area contributed by atoms with E-state index in [-0.39, 0.29) is 17.3 Å². The lowest BCUT2D eigenvalue weighted by Gasteiger charge is -2.10. The number of thiazole rings is 1. The highest BCUT2D eigenvalue weighted by Crippen LogP contribution is 2.28. The van der Waals surface area contributed by atoms with Crippen molar-refractivity contribution in [3.63, 3.8) is 0 Å². The van der Waals surface area contributed by atoms with Gasteiger partial charge in [0, 0.05) is 7.05 Å². The molecule has 0 saturated heterocycles. The van der Waals surface area contributed by atoms with Gasteiger partial charge < -0.3 is 25.8 Å². The Morgan fingerprint density at radius 3 is 2.61 bits per heavy atom. The van der Waals surface area contributed by atoms with Crippen LogP contribution in [0.5, 0.6) is 11.5 Å². The van der Waals surface area contributed by atoms with Crippen LogP contribution in [0.25, 0.3) is 0 Å². The van der Waals surface area contributed by atoms with Gasteiger partial charge >= 0.3 is 0 Å². The fourth-order valence-corrected chi connectivity index (χ4v) is 2.56. The number of carbonyl (C=O) groups excluding carboxylic acids is 2. The van der Waals surface area contributed by atoms with Crippen molar-refractivity contribution in [3.05, 3.63) is 30.0 Å². The maximum Gasteiger partial charge on any atom is 0.270 e. The largest absolute Gasteiger partial charge is 0.493 e. The minimum Gasteiger partial charge on any atom is -0.493 e. The van der Waals surface area contributed by atoms with Crippen molar-refractivity contribution >= 4 is 33.3 Å². The van der Waals surface area contributed by atoms with Crippen LogP contribution in [0.4, 0.5) is 10.1 Å². The van der Waals surface area contributed by atoms with E-state index in [0.717, 1.165) is 11.3 Å². The molecule has 0 fully saturated rings. The molecule has 0 spiro atoms. The van der Waals surface area contributed by atoms with Gasteiger partial charge in [0.15, 0.2) is 28.9 Å². The van der Waals surface area contributed by atoms with E-state index < -0.39 is 11.8 Å². The third-order valence-electron chi connectivity index (χ3n) is 2.76. The van der Waals surface area contributed by atoms with Crippen molar-refractivity contribution in [2.75, 3.05) is 31.4 Å². The van der Waals surface area contributed by atoms with Crippen molar-refractivity contribution in [1.82, 2.24) is 4.98 Å². The van der Waals surface area contributed by atoms with E-state index in [1.54, 1.807) is 31.3 Å². The maximum absolute atomic E-state index is 12.0. The fourth-order valence-electron chi connectivity index (χ4n) is 1.72. The third kappa shape index (κ3) is 4.10. The van der Waals surface area contributed by atoms with Crippen LogP contribution < -0.4 is 25.8 Å². The molecule has 2 aromatic rings. The summed E-state index contributed by atoms with van der Waals surface area (Å²) >= 11 is 1.11. The van der Waals surface area contributed by atoms with Gasteiger partial charge in [-0.1, -0.05) is 23.5 Å². The topological polar surface area (TPSA) is 116 Å². The minimum absolute atomic E-state index is 0.00462.